The SMILES string of the molecule is O=C(O)c1ccc2cc(C(=O)O)ccc2c1.[H-].[H-].[Li+].[Li+]. The first-order chi connectivity index (χ1) is 7.58. The molecule has 0 atom stereocenters. The van der Waals surface area contributed by atoms with Gasteiger partial charge in [-0.15, -0.1) is 0 Å². The molecule has 0 aliphatic carbocycles. The van der Waals surface area contributed by atoms with Crippen LogP contribution in [0.1, 0.15) is 23.6 Å². The van der Waals surface area contributed by atoms with E-state index in [-0.39, 0.29) is 51.7 Å². The molecule has 0 fully saturated rings. The number of carbonyl (C=O) groups is 2. The van der Waals surface area contributed by atoms with Gasteiger partial charge in [-0.1, -0.05) is 12.1 Å². The summed E-state index contributed by atoms with van der Waals surface area (Å²) in [5, 5.41) is 19.0. The third kappa shape index (κ3) is 3.42. The topological polar surface area (TPSA) is 74.6 Å². The maximum absolute atomic E-state index is 10.7. The van der Waals surface area contributed by atoms with Crippen molar-refractivity contribution in [3.63, 3.8) is 0 Å². The Morgan fingerprint density at radius 2 is 1.11 bits per heavy atom. The van der Waals surface area contributed by atoms with Gasteiger partial charge in [0.15, 0.2) is 0 Å². The van der Waals surface area contributed by atoms with Crippen LogP contribution in [0, 0.1) is 0 Å². The zero-order valence-corrected chi connectivity index (χ0v) is 10.2. The molecule has 6 heteroatoms. The third-order valence-corrected chi connectivity index (χ3v) is 2.33. The van der Waals surface area contributed by atoms with Gasteiger partial charge >= 0.3 is 49.7 Å². The quantitative estimate of drug-likeness (QED) is 0.526. The van der Waals surface area contributed by atoms with Crippen LogP contribution in [0.3, 0.4) is 0 Å². The van der Waals surface area contributed by atoms with E-state index >= 15 is 0 Å². The first-order valence-corrected chi connectivity index (χ1v) is 4.58. The fourth-order valence-electron chi connectivity index (χ4n) is 1.51. The molecule has 2 aromatic rings. The monoisotopic (exact) mass is 232 g/mol. The van der Waals surface area contributed by atoms with Gasteiger partial charge in [-0.2, -0.15) is 0 Å². The molecule has 0 saturated carbocycles. The van der Waals surface area contributed by atoms with Gasteiger partial charge in [0.25, 0.3) is 0 Å². The van der Waals surface area contributed by atoms with Crippen LogP contribution in [0.4, 0.5) is 0 Å². The van der Waals surface area contributed by atoms with E-state index in [4.69, 9.17) is 10.2 Å². The van der Waals surface area contributed by atoms with Crippen molar-refractivity contribution >= 4 is 22.7 Å². The maximum atomic E-state index is 10.7. The number of hydrogen-bond acceptors (Lipinski definition) is 2. The van der Waals surface area contributed by atoms with Crippen LogP contribution < -0.4 is 37.7 Å². The van der Waals surface area contributed by atoms with Crippen LogP contribution in [0.25, 0.3) is 10.8 Å². The first-order valence-electron chi connectivity index (χ1n) is 4.58. The van der Waals surface area contributed by atoms with Crippen LogP contribution in [-0.2, 0) is 0 Å². The summed E-state index contributed by atoms with van der Waals surface area (Å²) in [6.07, 6.45) is 0. The van der Waals surface area contributed by atoms with Gasteiger partial charge in [-0.05, 0) is 35.0 Å². The number of carboxylic acids is 2. The van der Waals surface area contributed by atoms with Gasteiger partial charge < -0.3 is 13.1 Å². The molecule has 4 nitrogen and oxygen atoms in total. The van der Waals surface area contributed by atoms with E-state index in [9.17, 15) is 9.59 Å². The molecule has 0 aromatic heterocycles. The Balaban J connectivity index is -0.000000722. The summed E-state index contributed by atoms with van der Waals surface area (Å²) in [6.45, 7) is 0. The van der Waals surface area contributed by atoms with Crippen molar-refractivity contribution in [3.8, 4) is 0 Å². The second kappa shape index (κ2) is 6.68. The van der Waals surface area contributed by atoms with Crippen molar-refractivity contribution in [1.82, 2.24) is 0 Å². The van der Waals surface area contributed by atoms with Crippen LogP contribution >= 0.6 is 0 Å². The second-order valence-electron chi connectivity index (χ2n) is 3.39. The van der Waals surface area contributed by atoms with Gasteiger partial charge in [-0.3, -0.25) is 0 Å². The fourth-order valence-corrected chi connectivity index (χ4v) is 1.51. The number of benzene rings is 2. The summed E-state index contributed by atoms with van der Waals surface area (Å²) < 4.78 is 0. The fraction of sp³-hybridized carbons (Fsp3) is 0. The molecule has 0 unspecified atom stereocenters. The van der Waals surface area contributed by atoms with E-state index in [0.717, 1.165) is 0 Å². The molecule has 0 aliphatic rings. The number of hydrogen-bond donors (Lipinski definition) is 2. The molecule has 0 saturated heterocycles. The van der Waals surface area contributed by atoms with Crippen LogP contribution in [0.5, 0.6) is 0 Å². The average Bonchev–Trinajstić information content (AvgIpc) is 2.27. The Hall–Kier alpha value is -1.17. The van der Waals surface area contributed by atoms with Gasteiger partial charge in [0.2, 0.25) is 0 Å². The number of rotatable bonds is 2. The van der Waals surface area contributed by atoms with E-state index in [1.165, 1.54) is 24.3 Å². The predicted molar refractivity (Wildman–Crippen MR) is 60.1 cm³/mol. The number of carboxylic acid groups (broad SMARTS) is 2. The van der Waals surface area contributed by atoms with E-state index in [1.807, 2.05) is 0 Å². The molecule has 0 spiro atoms. The van der Waals surface area contributed by atoms with Crippen molar-refractivity contribution < 1.29 is 60.4 Å². The Bertz CT molecular complexity index is 552. The van der Waals surface area contributed by atoms with E-state index in [2.05, 4.69) is 0 Å². The van der Waals surface area contributed by atoms with Gasteiger partial charge in [-0.25, -0.2) is 9.59 Å². The summed E-state index contributed by atoms with van der Waals surface area (Å²) in [5.41, 5.74) is 0.381. The molecule has 0 bridgehead atoms. The van der Waals surface area contributed by atoms with Crippen molar-refractivity contribution in [1.29, 1.82) is 0 Å². The van der Waals surface area contributed by atoms with Crippen LogP contribution in [0.15, 0.2) is 36.4 Å². The van der Waals surface area contributed by atoms with E-state index in [0.29, 0.717) is 10.8 Å². The minimum Gasteiger partial charge on any atom is -1.00 e. The summed E-state index contributed by atoms with van der Waals surface area (Å²) >= 11 is 0. The van der Waals surface area contributed by atoms with Crippen molar-refractivity contribution in [2.45, 2.75) is 0 Å². The summed E-state index contributed by atoms with van der Waals surface area (Å²) in [4.78, 5) is 21.5. The molecular formula is C12H10Li2O4. The molecule has 0 radical (unpaired) electrons. The number of fused-ring (bicyclic) bond motifs is 1. The Labute approximate surface area is 130 Å². The third-order valence-electron chi connectivity index (χ3n) is 2.33. The zero-order valence-electron chi connectivity index (χ0n) is 12.2. The summed E-state index contributed by atoms with van der Waals surface area (Å²) in [5.74, 6) is -1.99. The Kier molecular flexibility index (Phi) is 6.25. The van der Waals surface area contributed by atoms with Crippen molar-refractivity contribution in [2.24, 2.45) is 0 Å². The minimum absolute atomic E-state index is 0. The molecule has 2 N–H and O–H groups in total. The molecule has 0 amide bonds. The largest absolute Gasteiger partial charge is 1.00 e. The normalized spacial score (nSPS) is 9.11. The molecule has 0 heterocycles. The maximum Gasteiger partial charge on any atom is 1.00 e. The number of aromatic carboxylic acids is 2. The first kappa shape index (κ1) is 16.8. The predicted octanol–water partition coefficient (Wildman–Crippen LogP) is -3.53. The summed E-state index contributed by atoms with van der Waals surface area (Å²) in [6, 6.07) is 9.15. The zero-order chi connectivity index (χ0) is 11.7. The van der Waals surface area contributed by atoms with E-state index in [1.54, 1.807) is 12.1 Å². The summed E-state index contributed by atoms with van der Waals surface area (Å²) in [7, 11) is 0. The van der Waals surface area contributed by atoms with Gasteiger partial charge in [0.05, 0.1) is 11.1 Å². The smallest absolute Gasteiger partial charge is 1.00 e. The molecule has 84 valence electrons. The molecule has 2 rings (SSSR count). The molecular weight excluding hydrogens is 222 g/mol. The van der Waals surface area contributed by atoms with E-state index < -0.39 is 11.9 Å². The minimum atomic E-state index is -0.996. The van der Waals surface area contributed by atoms with Gasteiger partial charge in [0.1, 0.15) is 0 Å². The van der Waals surface area contributed by atoms with Crippen LogP contribution in [0.2, 0.25) is 0 Å². The standard InChI is InChI=1S/C12H8O4.2Li.2H/c13-11(14)9-3-1-7-5-10(12(15)16)4-2-8(7)6-9;;;;/h1-6H,(H,13,14)(H,15,16);;;;/q;2*+1;2*-1. The Morgan fingerprint density at radius 3 is 1.39 bits per heavy atom. The van der Waals surface area contributed by atoms with Gasteiger partial charge in [0, 0.05) is 0 Å². The van der Waals surface area contributed by atoms with Crippen molar-refractivity contribution in [3.05, 3.63) is 47.5 Å². The average molecular weight is 232 g/mol. The second-order valence-corrected chi connectivity index (χ2v) is 3.39. The Morgan fingerprint density at radius 1 is 0.778 bits per heavy atom. The van der Waals surface area contributed by atoms with Crippen molar-refractivity contribution in [2.75, 3.05) is 0 Å². The molecule has 0 aliphatic heterocycles. The molecule has 2 aromatic carbocycles. The van der Waals surface area contributed by atoms with Crippen LogP contribution in [-0.4, -0.2) is 22.2 Å². The molecule has 18 heavy (non-hydrogen) atoms.